The molecule has 2 N–H and O–H groups in total. The number of benzene rings is 2. The fourth-order valence-electron chi connectivity index (χ4n) is 3.83. The molecule has 0 amide bonds. The van der Waals surface area contributed by atoms with Crippen LogP contribution < -0.4 is 5.73 Å². The Kier molecular flexibility index (Phi) is 4.59. The van der Waals surface area contributed by atoms with E-state index in [2.05, 4.69) is 0 Å². The molecule has 7 nitrogen and oxygen atoms in total. The van der Waals surface area contributed by atoms with Crippen molar-refractivity contribution < 1.29 is 14.3 Å². The third kappa shape index (κ3) is 3.17. The zero-order valence-corrected chi connectivity index (χ0v) is 16.7. The molecule has 0 aliphatic carbocycles. The van der Waals surface area contributed by atoms with Gasteiger partial charge < -0.3 is 15.2 Å². The predicted molar refractivity (Wildman–Crippen MR) is 115 cm³/mol. The molecule has 4 aromatic rings. The predicted octanol–water partition coefficient (Wildman–Crippen LogP) is 3.80. The Balaban J connectivity index is 1.66. The van der Waals surface area contributed by atoms with E-state index in [4.69, 9.17) is 25.2 Å². The third-order valence-electron chi connectivity index (χ3n) is 5.42. The SMILES string of the molecule is Cc1ccc(-n2c(N)c(C(=O)OCC3CCCO3)c3nc4ccccc4nc32)cc1. The van der Waals surface area contributed by atoms with Gasteiger partial charge in [-0.2, -0.15) is 0 Å². The summed E-state index contributed by atoms with van der Waals surface area (Å²) in [5.74, 6) is -0.245. The van der Waals surface area contributed by atoms with Crippen LogP contribution in [0, 0.1) is 6.92 Å². The van der Waals surface area contributed by atoms with Crippen molar-refractivity contribution in [1.29, 1.82) is 0 Å². The van der Waals surface area contributed by atoms with Gasteiger partial charge in [0.1, 0.15) is 23.5 Å². The molecule has 1 aliphatic heterocycles. The summed E-state index contributed by atoms with van der Waals surface area (Å²) in [4.78, 5) is 22.5. The molecule has 1 unspecified atom stereocenters. The molecule has 0 spiro atoms. The Morgan fingerprint density at radius 1 is 1.17 bits per heavy atom. The van der Waals surface area contributed by atoms with Gasteiger partial charge in [-0.25, -0.2) is 14.8 Å². The monoisotopic (exact) mass is 402 g/mol. The van der Waals surface area contributed by atoms with E-state index in [-0.39, 0.29) is 24.1 Å². The third-order valence-corrected chi connectivity index (χ3v) is 5.42. The highest BCUT2D eigenvalue weighted by Crippen LogP contribution is 2.31. The van der Waals surface area contributed by atoms with Gasteiger partial charge in [-0.15, -0.1) is 0 Å². The number of carbonyl (C=O) groups excluding carboxylic acids is 1. The topological polar surface area (TPSA) is 92.3 Å². The van der Waals surface area contributed by atoms with Crippen LogP contribution in [0.1, 0.15) is 28.8 Å². The van der Waals surface area contributed by atoms with Crippen molar-refractivity contribution in [2.24, 2.45) is 0 Å². The number of hydrogen-bond donors (Lipinski definition) is 1. The van der Waals surface area contributed by atoms with Crippen molar-refractivity contribution in [3.8, 4) is 5.69 Å². The second kappa shape index (κ2) is 7.42. The normalized spacial score (nSPS) is 16.4. The molecule has 2 aromatic heterocycles. The summed E-state index contributed by atoms with van der Waals surface area (Å²) in [6, 6.07) is 15.4. The molecular weight excluding hydrogens is 380 g/mol. The summed E-state index contributed by atoms with van der Waals surface area (Å²) < 4.78 is 12.9. The maximum Gasteiger partial charge on any atom is 0.344 e. The second-order valence-corrected chi connectivity index (χ2v) is 7.55. The Hall–Kier alpha value is -3.45. The van der Waals surface area contributed by atoms with Gasteiger partial charge in [0.2, 0.25) is 0 Å². The van der Waals surface area contributed by atoms with Crippen LogP contribution in [0.5, 0.6) is 0 Å². The average Bonchev–Trinajstić information content (AvgIpc) is 3.37. The fourth-order valence-corrected chi connectivity index (χ4v) is 3.83. The molecular formula is C23H22N4O3. The number of nitrogens with two attached hydrogens (primary N) is 1. The smallest absolute Gasteiger partial charge is 0.344 e. The number of fused-ring (bicyclic) bond motifs is 2. The lowest BCUT2D eigenvalue weighted by molar-refractivity contribution is 0.0163. The largest absolute Gasteiger partial charge is 0.459 e. The van der Waals surface area contributed by atoms with Crippen molar-refractivity contribution in [3.05, 3.63) is 59.7 Å². The van der Waals surface area contributed by atoms with E-state index in [1.807, 2.05) is 55.5 Å². The van der Waals surface area contributed by atoms with Crippen LogP contribution >= 0.6 is 0 Å². The molecule has 1 aliphatic rings. The summed E-state index contributed by atoms with van der Waals surface area (Å²) in [6.07, 6.45) is 1.81. The Morgan fingerprint density at radius 2 is 1.90 bits per heavy atom. The number of aryl methyl sites for hydroxylation is 1. The lowest BCUT2D eigenvalue weighted by Crippen LogP contribution is -2.18. The number of anilines is 1. The Labute approximate surface area is 173 Å². The fraction of sp³-hybridized carbons (Fsp3) is 0.261. The van der Waals surface area contributed by atoms with E-state index in [9.17, 15) is 4.79 Å². The van der Waals surface area contributed by atoms with E-state index < -0.39 is 5.97 Å². The highest BCUT2D eigenvalue weighted by Gasteiger charge is 2.27. The number of esters is 1. The van der Waals surface area contributed by atoms with Gasteiger partial charge in [-0.05, 0) is 44.0 Å². The maximum absolute atomic E-state index is 13.0. The van der Waals surface area contributed by atoms with Crippen molar-refractivity contribution in [1.82, 2.24) is 14.5 Å². The van der Waals surface area contributed by atoms with Crippen LogP contribution in [-0.2, 0) is 9.47 Å². The number of ether oxygens (including phenoxy) is 2. The van der Waals surface area contributed by atoms with Crippen LogP contribution in [0.15, 0.2) is 48.5 Å². The molecule has 1 saturated heterocycles. The van der Waals surface area contributed by atoms with Crippen LogP contribution in [0.4, 0.5) is 5.82 Å². The number of nitrogens with zero attached hydrogens (tertiary/aromatic N) is 3. The molecule has 152 valence electrons. The number of rotatable bonds is 4. The molecule has 2 aromatic carbocycles. The molecule has 0 bridgehead atoms. The minimum atomic E-state index is -0.511. The van der Waals surface area contributed by atoms with Gasteiger partial charge in [0.05, 0.1) is 17.1 Å². The lowest BCUT2D eigenvalue weighted by atomic mass is 10.2. The Bertz CT molecular complexity index is 1240. The van der Waals surface area contributed by atoms with E-state index in [0.717, 1.165) is 29.6 Å². The van der Waals surface area contributed by atoms with Gasteiger partial charge in [-0.1, -0.05) is 29.8 Å². The van der Waals surface area contributed by atoms with Crippen LogP contribution in [0.2, 0.25) is 0 Å². The zero-order valence-electron chi connectivity index (χ0n) is 16.7. The van der Waals surface area contributed by atoms with Crippen LogP contribution in [0.25, 0.3) is 27.9 Å². The van der Waals surface area contributed by atoms with Crippen LogP contribution in [-0.4, -0.2) is 39.8 Å². The summed E-state index contributed by atoms with van der Waals surface area (Å²) in [5.41, 5.74) is 11.0. The highest BCUT2D eigenvalue weighted by molar-refractivity contribution is 6.09. The van der Waals surface area contributed by atoms with Gasteiger partial charge >= 0.3 is 5.97 Å². The average molecular weight is 402 g/mol. The van der Waals surface area contributed by atoms with Crippen LogP contribution in [0.3, 0.4) is 0 Å². The minimum absolute atomic E-state index is 0.0625. The van der Waals surface area contributed by atoms with E-state index in [1.54, 1.807) is 4.57 Å². The summed E-state index contributed by atoms with van der Waals surface area (Å²) in [5, 5.41) is 0. The lowest BCUT2D eigenvalue weighted by Gasteiger charge is -2.10. The van der Waals surface area contributed by atoms with Crippen molar-refractivity contribution >= 4 is 34.0 Å². The van der Waals surface area contributed by atoms with E-state index >= 15 is 0 Å². The second-order valence-electron chi connectivity index (χ2n) is 7.55. The van der Waals surface area contributed by atoms with Gasteiger partial charge in [0.15, 0.2) is 5.65 Å². The first-order chi connectivity index (χ1) is 14.6. The van der Waals surface area contributed by atoms with E-state index in [0.29, 0.717) is 23.3 Å². The maximum atomic E-state index is 13.0. The van der Waals surface area contributed by atoms with Gasteiger partial charge in [-0.3, -0.25) is 4.57 Å². The number of nitrogen functional groups attached to an aromatic ring is 1. The quantitative estimate of drug-likeness (QED) is 0.522. The molecule has 1 atom stereocenters. The van der Waals surface area contributed by atoms with Crippen molar-refractivity contribution in [3.63, 3.8) is 0 Å². The van der Waals surface area contributed by atoms with Gasteiger partial charge in [0.25, 0.3) is 0 Å². The first-order valence-electron chi connectivity index (χ1n) is 10.0. The summed E-state index contributed by atoms with van der Waals surface area (Å²) in [6.45, 7) is 2.92. The molecule has 0 saturated carbocycles. The van der Waals surface area contributed by atoms with E-state index in [1.165, 1.54) is 0 Å². The molecule has 30 heavy (non-hydrogen) atoms. The first-order valence-corrected chi connectivity index (χ1v) is 10.0. The number of carbonyl (C=O) groups is 1. The zero-order chi connectivity index (χ0) is 20.7. The number of hydrogen-bond acceptors (Lipinski definition) is 6. The first kappa shape index (κ1) is 18.6. The van der Waals surface area contributed by atoms with Crippen molar-refractivity contribution in [2.45, 2.75) is 25.9 Å². The molecule has 5 rings (SSSR count). The highest BCUT2D eigenvalue weighted by atomic mass is 16.6. The van der Waals surface area contributed by atoms with Crippen molar-refractivity contribution in [2.75, 3.05) is 18.9 Å². The molecule has 7 heteroatoms. The standard InChI is InChI=1S/C23H22N4O3/c1-14-8-10-15(11-9-14)27-21(24)19(23(28)30-13-16-5-4-12-29-16)20-22(27)26-18-7-3-2-6-17(18)25-20/h2-3,6-11,16H,4-5,12-13,24H2,1H3. The Morgan fingerprint density at radius 3 is 2.60 bits per heavy atom. The summed E-state index contributed by atoms with van der Waals surface area (Å²) in [7, 11) is 0. The minimum Gasteiger partial charge on any atom is -0.459 e. The molecule has 3 heterocycles. The molecule has 0 radical (unpaired) electrons. The van der Waals surface area contributed by atoms with Gasteiger partial charge in [0, 0.05) is 12.3 Å². The number of para-hydroxylation sites is 2. The molecule has 1 fully saturated rings. The summed E-state index contributed by atoms with van der Waals surface area (Å²) >= 11 is 0. The number of aromatic nitrogens is 3.